The van der Waals surface area contributed by atoms with E-state index in [-0.39, 0.29) is 0 Å². The van der Waals surface area contributed by atoms with Crippen molar-refractivity contribution in [2.75, 3.05) is 4.72 Å². The third-order valence-electron chi connectivity index (χ3n) is 3.31. The summed E-state index contributed by atoms with van der Waals surface area (Å²) in [7, 11) is 0. The molecule has 0 spiro atoms. The number of rotatable bonds is 4. The van der Waals surface area contributed by atoms with Gasteiger partial charge in [-0.15, -0.1) is 0 Å². The van der Waals surface area contributed by atoms with Crippen molar-refractivity contribution in [3.63, 3.8) is 0 Å². The van der Waals surface area contributed by atoms with Gasteiger partial charge in [-0.05, 0) is 30.2 Å². The van der Waals surface area contributed by atoms with E-state index < -0.39 is 11.3 Å². The molecule has 0 radical (unpaired) electrons. The second kappa shape index (κ2) is 6.13. The number of aryl methyl sites for hydroxylation is 1. The van der Waals surface area contributed by atoms with E-state index in [9.17, 15) is 8.76 Å². The molecule has 0 amide bonds. The Balaban J connectivity index is 2.18. The van der Waals surface area contributed by atoms with E-state index in [2.05, 4.69) is 9.71 Å². The van der Waals surface area contributed by atoms with Crippen molar-refractivity contribution in [2.24, 2.45) is 0 Å². The molecule has 5 nitrogen and oxygen atoms in total. The normalized spacial score (nSPS) is 12.1. The molecule has 1 atom stereocenters. The van der Waals surface area contributed by atoms with Crippen LogP contribution >= 0.6 is 0 Å². The SMILES string of the molecule is Cc1cc(-c2ccccc2)c(NS(=O)O)cc1-c1ncco1. The van der Waals surface area contributed by atoms with Crippen LogP contribution in [-0.2, 0) is 11.3 Å². The number of nitrogens with zero attached hydrogens (tertiary/aromatic N) is 1. The molecule has 0 bridgehead atoms. The van der Waals surface area contributed by atoms with Gasteiger partial charge in [0.25, 0.3) is 11.3 Å². The standard InChI is InChI=1S/C16H14N2O3S/c1-11-9-14(12-5-3-2-4-6-12)15(18-22(19)20)10-13(11)16-17-7-8-21-16/h2-10,18H,1H3,(H,19,20). The van der Waals surface area contributed by atoms with E-state index in [1.165, 1.54) is 6.26 Å². The molecule has 0 saturated heterocycles. The van der Waals surface area contributed by atoms with Crippen LogP contribution in [0.3, 0.4) is 0 Å². The summed E-state index contributed by atoms with van der Waals surface area (Å²) in [6.07, 6.45) is 3.06. The van der Waals surface area contributed by atoms with Crippen molar-refractivity contribution in [3.8, 4) is 22.6 Å². The lowest BCUT2D eigenvalue weighted by Crippen LogP contribution is -2.04. The van der Waals surface area contributed by atoms with Crippen LogP contribution in [0.4, 0.5) is 5.69 Å². The molecular weight excluding hydrogens is 300 g/mol. The van der Waals surface area contributed by atoms with Gasteiger partial charge in [-0.2, -0.15) is 0 Å². The van der Waals surface area contributed by atoms with Crippen molar-refractivity contribution in [1.82, 2.24) is 4.98 Å². The summed E-state index contributed by atoms with van der Waals surface area (Å²) in [6, 6.07) is 13.4. The lowest BCUT2D eigenvalue weighted by atomic mass is 9.98. The average molecular weight is 314 g/mol. The molecule has 1 heterocycles. The van der Waals surface area contributed by atoms with E-state index in [1.54, 1.807) is 12.3 Å². The number of oxazole rings is 1. The fraction of sp³-hybridized carbons (Fsp3) is 0.0625. The lowest BCUT2D eigenvalue weighted by Gasteiger charge is -2.13. The zero-order chi connectivity index (χ0) is 15.5. The summed E-state index contributed by atoms with van der Waals surface area (Å²) < 4.78 is 28.3. The highest BCUT2D eigenvalue weighted by atomic mass is 32.2. The number of hydrogen-bond donors (Lipinski definition) is 2. The molecule has 3 rings (SSSR count). The van der Waals surface area contributed by atoms with E-state index >= 15 is 0 Å². The van der Waals surface area contributed by atoms with Gasteiger partial charge in [0.05, 0.1) is 11.9 Å². The lowest BCUT2D eigenvalue weighted by molar-refractivity contribution is 0.569. The third kappa shape index (κ3) is 2.93. The van der Waals surface area contributed by atoms with Crippen LogP contribution in [0.2, 0.25) is 0 Å². The van der Waals surface area contributed by atoms with Crippen molar-refractivity contribution in [2.45, 2.75) is 6.92 Å². The van der Waals surface area contributed by atoms with Gasteiger partial charge in [-0.25, -0.2) is 9.19 Å². The summed E-state index contributed by atoms with van der Waals surface area (Å²) in [4.78, 5) is 4.14. The second-order valence-electron chi connectivity index (χ2n) is 4.77. The van der Waals surface area contributed by atoms with Crippen LogP contribution in [0.5, 0.6) is 0 Å². The summed E-state index contributed by atoms with van der Waals surface area (Å²) >= 11 is -2.16. The van der Waals surface area contributed by atoms with Crippen LogP contribution < -0.4 is 4.72 Å². The Morgan fingerprint density at radius 1 is 1.18 bits per heavy atom. The minimum atomic E-state index is -2.16. The first kappa shape index (κ1) is 14.5. The number of anilines is 1. The first-order valence-corrected chi connectivity index (χ1v) is 7.73. The summed E-state index contributed by atoms with van der Waals surface area (Å²) in [5, 5.41) is 0. The Kier molecular flexibility index (Phi) is 4.04. The van der Waals surface area contributed by atoms with Gasteiger partial charge in [0.2, 0.25) is 5.89 Å². The zero-order valence-corrected chi connectivity index (χ0v) is 12.6. The fourth-order valence-electron chi connectivity index (χ4n) is 2.33. The molecule has 3 aromatic rings. The van der Waals surface area contributed by atoms with Crippen molar-refractivity contribution in [3.05, 3.63) is 60.5 Å². The van der Waals surface area contributed by atoms with Crippen LogP contribution in [0.15, 0.2) is 59.3 Å². The quantitative estimate of drug-likeness (QED) is 0.717. The molecule has 0 saturated carbocycles. The molecule has 6 heteroatoms. The molecule has 1 unspecified atom stereocenters. The highest BCUT2D eigenvalue weighted by Crippen LogP contribution is 2.34. The van der Waals surface area contributed by atoms with E-state index in [1.807, 2.05) is 43.3 Å². The minimum absolute atomic E-state index is 0.476. The molecule has 22 heavy (non-hydrogen) atoms. The summed E-state index contributed by atoms with van der Waals surface area (Å²) in [6.45, 7) is 1.95. The largest absolute Gasteiger partial charge is 0.445 e. The predicted octanol–water partition coefficient (Wildman–Crippen LogP) is 3.87. The number of nitrogens with one attached hydrogen (secondary N) is 1. The van der Waals surface area contributed by atoms with E-state index in [4.69, 9.17) is 4.42 Å². The monoisotopic (exact) mass is 314 g/mol. The van der Waals surface area contributed by atoms with Crippen molar-refractivity contribution < 1.29 is 13.2 Å². The maximum atomic E-state index is 11.2. The summed E-state index contributed by atoms with van der Waals surface area (Å²) in [5.74, 6) is 0.476. The molecule has 0 aliphatic heterocycles. The maximum absolute atomic E-state index is 11.2. The van der Waals surface area contributed by atoms with Crippen molar-refractivity contribution >= 4 is 17.0 Å². The molecule has 2 N–H and O–H groups in total. The van der Waals surface area contributed by atoms with E-state index in [0.29, 0.717) is 11.6 Å². The fourth-order valence-corrected chi connectivity index (χ4v) is 2.69. The van der Waals surface area contributed by atoms with Crippen LogP contribution in [-0.4, -0.2) is 13.7 Å². The molecule has 0 aliphatic carbocycles. The Morgan fingerprint density at radius 3 is 2.59 bits per heavy atom. The van der Waals surface area contributed by atoms with E-state index in [0.717, 1.165) is 22.3 Å². The highest BCUT2D eigenvalue weighted by molar-refractivity contribution is 7.80. The van der Waals surface area contributed by atoms with Gasteiger partial charge in [0, 0.05) is 11.1 Å². The Hall–Kier alpha value is -2.44. The van der Waals surface area contributed by atoms with Gasteiger partial charge >= 0.3 is 0 Å². The molecule has 1 aromatic heterocycles. The summed E-state index contributed by atoms with van der Waals surface area (Å²) in [5.41, 5.74) is 4.09. The number of aromatic nitrogens is 1. The van der Waals surface area contributed by atoms with Gasteiger partial charge in [0.15, 0.2) is 0 Å². The van der Waals surface area contributed by atoms with Crippen molar-refractivity contribution in [1.29, 1.82) is 0 Å². The van der Waals surface area contributed by atoms with Crippen LogP contribution in [0, 0.1) is 6.92 Å². The predicted molar refractivity (Wildman–Crippen MR) is 86.5 cm³/mol. The van der Waals surface area contributed by atoms with Crippen LogP contribution in [0.25, 0.3) is 22.6 Å². The van der Waals surface area contributed by atoms with Gasteiger partial charge < -0.3 is 4.42 Å². The Labute approximate surface area is 130 Å². The number of hydrogen-bond acceptors (Lipinski definition) is 3. The highest BCUT2D eigenvalue weighted by Gasteiger charge is 2.14. The zero-order valence-electron chi connectivity index (χ0n) is 11.8. The van der Waals surface area contributed by atoms with Gasteiger partial charge in [-0.1, -0.05) is 30.3 Å². The average Bonchev–Trinajstić information content (AvgIpc) is 3.03. The van der Waals surface area contributed by atoms with Gasteiger partial charge in [-0.3, -0.25) is 9.27 Å². The second-order valence-corrected chi connectivity index (χ2v) is 5.47. The molecule has 112 valence electrons. The topological polar surface area (TPSA) is 75.4 Å². The van der Waals surface area contributed by atoms with Gasteiger partial charge in [0.1, 0.15) is 6.26 Å². The van der Waals surface area contributed by atoms with Crippen LogP contribution in [0.1, 0.15) is 5.56 Å². The maximum Gasteiger partial charge on any atom is 0.259 e. The first-order chi connectivity index (χ1) is 10.6. The minimum Gasteiger partial charge on any atom is -0.445 e. The Morgan fingerprint density at radius 2 is 1.95 bits per heavy atom. The number of benzene rings is 2. The molecular formula is C16H14N2O3S. The third-order valence-corrected chi connectivity index (χ3v) is 3.70. The Bertz CT molecular complexity index is 802. The molecule has 0 aliphatic rings. The first-order valence-electron chi connectivity index (χ1n) is 6.62. The molecule has 0 fully saturated rings. The molecule has 2 aromatic carbocycles. The smallest absolute Gasteiger partial charge is 0.259 e.